The lowest BCUT2D eigenvalue weighted by atomic mass is 9.83. The molecule has 1 aromatic heterocycles. The summed E-state index contributed by atoms with van der Waals surface area (Å²) in [5, 5.41) is 4.84. The molecule has 0 saturated carbocycles. The first-order valence-electron chi connectivity index (χ1n) is 12.3. The molecular formula is C27H25N3O8S2. The molecule has 3 amide bonds. The topological polar surface area (TPSA) is 142 Å². The van der Waals surface area contributed by atoms with E-state index in [0.29, 0.717) is 38.2 Å². The number of ether oxygens (including phenoxy) is 3. The quantitative estimate of drug-likeness (QED) is 0.302. The second-order valence-electron chi connectivity index (χ2n) is 8.98. The van der Waals surface area contributed by atoms with Crippen LogP contribution < -0.4 is 25.0 Å². The third-order valence-corrected chi connectivity index (χ3v) is 9.25. The Morgan fingerprint density at radius 1 is 1.00 bits per heavy atom. The number of carbonyl (C=O) groups is 4. The van der Waals surface area contributed by atoms with Crippen molar-refractivity contribution in [2.75, 3.05) is 26.1 Å². The number of thiazole rings is 1. The highest BCUT2D eigenvalue weighted by molar-refractivity contribution is 8.00. The lowest BCUT2D eigenvalue weighted by Gasteiger charge is -2.31. The standard InChI is InChI=1S/C27H25N3O8S2/c1-4-38-26(34)13-5-8-15(9-6-13)28-18(31)12-30-25-22(40-27(30)35)19(20-21(39-25)24(33)29-23(20)32)14-7-10-16(36-2)17(11-14)37-3/h5-11,19-21H,4,12H2,1-3H3,(H,28,31)(H,29,32,33)/t19-,20+,21-/m0/s1. The van der Waals surface area contributed by atoms with Crippen LogP contribution in [0.4, 0.5) is 5.69 Å². The number of hydrogen-bond acceptors (Lipinski definition) is 10. The number of amides is 3. The van der Waals surface area contributed by atoms with Gasteiger partial charge in [-0.15, -0.1) is 0 Å². The molecule has 2 N–H and O–H groups in total. The summed E-state index contributed by atoms with van der Waals surface area (Å²) in [7, 11) is 3.01. The second kappa shape index (κ2) is 11.2. The molecule has 3 atom stereocenters. The van der Waals surface area contributed by atoms with Crippen molar-refractivity contribution in [3.05, 3.63) is 68.1 Å². The van der Waals surface area contributed by atoms with Gasteiger partial charge in [0.15, 0.2) is 11.5 Å². The first kappa shape index (κ1) is 27.5. The zero-order valence-corrected chi connectivity index (χ0v) is 23.4. The molecule has 1 fully saturated rings. The number of imide groups is 1. The number of methoxy groups -OCH3 is 2. The van der Waals surface area contributed by atoms with Gasteiger partial charge in [-0.05, 0) is 48.9 Å². The number of benzene rings is 2. The Morgan fingerprint density at radius 2 is 1.73 bits per heavy atom. The Hall–Kier alpha value is -4.10. The maximum Gasteiger partial charge on any atom is 0.338 e. The van der Waals surface area contributed by atoms with Crippen LogP contribution in [0.2, 0.25) is 0 Å². The number of nitrogens with one attached hydrogen (secondary N) is 2. The van der Waals surface area contributed by atoms with E-state index in [-0.39, 0.29) is 18.0 Å². The van der Waals surface area contributed by atoms with Gasteiger partial charge in [0.05, 0.1) is 37.3 Å². The largest absolute Gasteiger partial charge is 0.493 e. The van der Waals surface area contributed by atoms with E-state index in [1.807, 2.05) is 0 Å². The third kappa shape index (κ3) is 4.97. The van der Waals surface area contributed by atoms with Crippen LogP contribution in [0, 0.1) is 5.92 Å². The molecule has 208 valence electrons. The van der Waals surface area contributed by atoms with Crippen LogP contribution in [-0.2, 0) is 25.7 Å². The van der Waals surface area contributed by atoms with Crippen LogP contribution in [0.5, 0.6) is 11.5 Å². The van der Waals surface area contributed by atoms with Crippen LogP contribution in [0.1, 0.15) is 33.6 Å². The summed E-state index contributed by atoms with van der Waals surface area (Å²) >= 11 is 2.06. The summed E-state index contributed by atoms with van der Waals surface area (Å²) < 4.78 is 17.1. The average molecular weight is 584 g/mol. The van der Waals surface area contributed by atoms with Gasteiger partial charge in [-0.3, -0.25) is 29.1 Å². The van der Waals surface area contributed by atoms with Crippen LogP contribution in [0.25, 0.3) is 0 Å². The summed E-state index contributed by atoms with van der Waals surface area (Å²) in [6, 6.07) is 11.4. The van der Waals surface area contributed by atoms with Crippen LogP contribution in [-0.4, -0.2) is 54.3 Å². The number of anilines is 1. The van der Waals surface area contributed by atoms with Gasteiger partial charge in [-0.25, -0.2) is 4.79 Å². The zero-order chi connectivity index (χ0) is 28.6. The molecule has 3 aromatic rings. The van der Waals surface area contributed by atoms with Gasteiger partial charge >= 0.3 is 10.8 Å². The van der Waals surface area contributed by atoms with E-state index in [0.717, 1.165) is 23.1 Å². The third-order valence-electron chi connectivity index (χ3n) is 6.64. The summed E-state index contributed by atoms with van der Waals surface area (Å²) in [4.78, 5) is 63.8. The Kier molecular flexibility index (Phi) is 7.68. The summed E-state index contributed by atoms with van der Waals surface area (Å²) in [5.41, 5.74) is 1.46. The van der Waals surface area contributed by atoms with Gasteiger partial charge in [-0.2, -0.15) is 0 Å². The highest BCUT2D eigenvalue weighted by atomic mass is 32.2. The molecule has 1 saturated heterocycles. The van der Waals surface area contributed by atoms with E-state index in [1.54, 1.807) is 37.3 Å². The Bertz CT molecular complexity index is 1560. The molecule has 0 bridgehead atoms. The molecule has 11 nitrogen and oxygen atoms in total. The first-order valence-corrected chi connectivity index (χ1v) is 14.0. The van der Waals surface area contributed by atoms with Crippen molar-refractivity contribution in [2.45, 2.75) is 29.7 Å². The molecule has 3 heterocycles. The van der Waals surface area contributed by atoms with Crippen molar-refractivity contribution in [1.82, 2.24) is 9.88 Å². The van der Waals surface area contributed by atoms with E-state index < -0.39 is 40.8 Å². The summed E-state index contributed by atoms with van der Waals surface area (Å²) in [5.74, 6) is -2.18. The highest BCUT2D eigenvalue weighted by Crippen LogP contribution is 2.52. The van der Waals surface area contributed by atoms with E-state index in [4.69, 9.17) is 14.2 Å². The maximum atomic E-state index is 13.2. The smallest absolute Gasteiger partial charge is 0.338 e. The van der Waals surface area contributed by atoms with Crippen molar-refractivity contribution in [3.63, 3.8) is 0 Å². The predicted molar refractivity (Wildman–Crippen MR) is 147 cm³/mol. The average Bonchev–Trinajstić information content (AvgIpc) is 3.41. The lowest BCUT2D eigenvalue weighted by molar-refractivity contribution is -0.126. The van der Waals surface area contributed by atoms with E-state index in [2.05, 4.69) is 10.6 Å². The number of rotatable bonds is 8. The highest BCUT2D eigenvalue weighted by Gasteiger charge is 2.53. The van der Waals surface area contributed by atoms with Crippen molar-refractivity contribution in [2.24, 2.45) is 5.92 Å². The van der Waals surface area contributed by atoms with Gasteiger partial charge in [0, 0.05) is 16.5 Å². The minimum Gasteiger partial charge on any atom is -0.493 e. The monoisotopic (exact) mass is 583 g/mol. The first-order chi connectivity index (χ1) is 19.2. The zero-order valence-electron chi connectivity index (χ0n) is 21.7. The summed E-state index contributed by atoms with van der Waals surface area (Å²) in [6.07, 6.45) is 0. The minimum absolute atomic E-state index is 0.249. The van der Waals surface area contributed by atoms with Gasteiger partial charge < -0.3 is 19.5 Å². The number of aromatic nitrogens is 1. The van der Waals surface area contributed by atoms with Crippen LogP contribution in [0.3, 0.4) is 0 Å². The molecular weight excluding hydrogens is 558 g/mol. The molecule has 13 heteroatoms. The Balaban J connectivity index is 1.46. The molecule has 40 heavy (non-hydrogen) atoms. The number of nitrogens with zero attached hydrogens (tertiary/aromatic N) is 1. The van der Waals surface area contributed by atoms with Gasteiger partial charge in [0.25, 0.3) is 0 Å². The minimum atomic E-state index is -0.767. The molecule has 2 aliphatic rings. The fourth-order valence-electron chi connectivity index (χ4n) is 4.83. The number of fused-ring (bicyclic) bond motifs is 2. The molecule has 0 radical (unpaired) electrons. The lowest BCUT2D eigenvalue weighted by Crippen LogP contribution is -2.32. The van der Waals surface area contributed by atoms with Gasteiger partial charge in [-0.1, -0.05) is 29.2 Å². The normalized spacial score (nSPS) is 19.3. The molecule has 0 spiro atoms. The number of thioether (sulfide) groups is 1. The van der Waals surface area contributed by atoms with E-state index in [1.165, 1.54) is 30.9 Å². The molecule has 0 aliphatic carbocycles. The molecule has 5 rings (SSSR count). The van der Waals surface area contributed by atoms with E-state index >= 15 is 0 Å². The van der Waals surface area contributed by atoms with Gasteiger partial charge in [0.2, 0.25) is 17.7 Å². The second-order valence-corrected chi connectivity index (χ2v) is 11.1. The maximum absolute atomic E-state index is 13.2. The molecule has 2 aliphatic heterocycles. The van der Waals surface area contributed by atoms with Crippen molar-refractivity contribution >= 4 is 52.5 Å². The summed E-state index contributed by atoms with van der Waals surface area (Å²) in [6.45, 7) is 1.66. The predicted octanol–water partition coefficient (Wildman–Crippen LogP) is 2.62. The van der Waals surface area contributed by atoms with E-state index in [9.17, 15) is 24.0 Å². The van der Waals surface area contributed by atoms with Crippen molar-refractivity contribution in [3.8, 4) is 11.5 Å². The fourth-order valence-corrected chi connectivity index (χ4v) is 7.57. The SMILES string of the molecule is CCOC(=O)c1ccc(NC(=O)Cn2c3c(sc2=O)[C@@H](c2ccc(OC)c(OC)c2)[C@H]2C(=O)NC(=O)[C@H]2S3)cc1. The van der Waals surface area contributed by atoms with Crippen molar-refractivity contribution < 1.29 is 33.4 Å². The number of esters is 1. The van der Waals surface area contributed by atoms with Crippen LogP contribution >= 0.6 is 23.1 Å². The molecule has 0 unspecified atom stereocenters. The Labute approximate surface area is 236 Å². The Morgan fingerprint density at radius 3 is 2.40 bits per heavy atom. The fraction of sp³-hybridized carbons (Fsp3) is 0.296. The molecule has 2 aromatic carbocycles. The van der Waals surface area contributed by atoms with Gasteiger partial charge in [0.1, 0.15) is 11.8 Å². The van der Waals surface area contributed by atoms with Crippen LogP contribution in [0.15, 0.2) is 52.3 Å². The van der Waals surface area contributed by atoms with Crippen molar-refractivity contribution in [1.29, 1.82) is 0 Å². The number of hydrogen-bond donors (Lipinski definition) is 2. The number of carbonyl (C=O) groups excluding carboxylic acids is 4.